The Morgan fingerprint density at radius 1 is 1.43 bits per heavy atom. The maximum Gasteiger partial charge on any atom is 0.224 e. The van der Waals surface area contributed by atoms with Gasteiger partial charge in [-0.3, -0.25) is 0 Å². The fourth-order valence-corrected chi connectivity index (χ4v) is 1.27. The first-order valence-corrected chi connectivity index (χ1v) is 5.62. The van der Waals surface area contributed by atoms with Crippen molar-refractivity contribution in [3.63, 3.8) is 0 Å². The van der Waals surface area contributed by atoms with Crippen molar-refractivity contribution < 1.29 is 0 Å². The Hall–Kier alpha value is -0.350. The minimum absolute atomic E-state index is 0.256. The van der Waals surface area contributed by atoms with E-state index in [1.54, 1.807) is 6.20 Å². The van der Waals surface area contributed by atoms with E-state index >= 15 is 0 Å². The molecule has 0 bridgehead atoms. The van der Waals surface area contributed by atoms with Crippen molar-refractivity contribution in [2.45, 2.75) is 26.8 Å². The molecule has 78 valence electrons. The predicted molar refractivity (Wildman–Crippen MR) is 62.7 cm³/mol. The number of halogens is 2. The minimum atomic E-state index is 0.256. The molecule has 0 radical (unpaired) electrons. The van der Waals surface area contributed by atoms with Gasteiger partial charge in [0.25, 0.3) is 0 Å². The van der Waals surface area contributed by atoms with Crippen LogP contribution in [0, 0.1) is 5.92 Å². The van der Waals surface area contributed by atoms with E-state index in [1.807, 2.05) is 0 Å². The van der Waals surface area contributed by atoms with Gasteiger partial charge in [0.15, 0.2) is 0 Å². The molecular formula is C9H13BrClN3. The van der Waals surface area contributed by atoms with Crippen molar-refractivity contribution in [3.8, 4) is 0 Å². The maximum atomic E-state index is 5.70. The largest absolute Gasteiger partial charge is 0.366 e. The van der Waals surface area contributed by atoms with Crippen molar-refractivity contribution in [3.05, 3.63) is 16.0 Å². The number of aromatic nitrogens is 2. The Balaban J connectivity index is 2.80. The lowest BCUT2D eigenvalue weighted by molar-refractivity contribution is 0.558. The average Bonchev–Trinajstić information content (AvgIpc) is 2.11. The monoisotopic (exact) mass is 277 g/mol. The van der Waals surface area contributed by atoms with Crippen LogP contribution in [0.25, 0.3) is 0 Å². The van der Waals surface area contributed by atoms with Gasteiger partial charge >= 0.3 is 0 Å². The lowest BCUT2D eigenvalue weighted by atomic mass is 10.1. The van der Waals surface area contributed by atoms with E-state index in [0.717, 1.165) is 10.3 Å². The van der Waals surface area contributed by atoms with Crippen LogP contribution in [0.5, 0.6) is 0 Å². The Morgan fingerprint density at radius 2 is 2.07 bits per heavy atom. The van der Waals surface area contributed by atoms with Crippen molar-refractivity contribution in [2.75, 3.05) is 5.32 Å². The zero-order valence-electron chi connectivity index (χ0n) is 8.38. The molecule has 0 saturated heterocycles. The number of hydrogen-bond donors (Lipinski definition) is 1. The first-order valence-electron chi connectivity index (χ1n) is 4.45. The quantitative estimate of drug-likeness (QED) is 0.862. The minimum Gasteiger partial charge on any atom is -0.366 e. The van der Waals surface area contributed by atoms with Gasteiger partial charge in [-0.25, -0.2) is 4.98 Å². The summed E-state index contributed by atoms with van der Waals surface area (Å²) in [6, 6.07) is 0.345. The van der Waals surface area contributed by atoms with E-state index < -0.39 is 0 Å². The first kappa shape index (κ1) is 11.7. The Bertz CT molecular complexity index is 317. The molecule has 0 aliphatic rings. The standard InChI is InChI=1S/C9H13BrClN3/c1-5(2)6(3)13-8-7(10)4-12-9(11)14-8/h4-6H,1-3H3,(H,12,13,14). The van der Waals surface area contributed by atoms with Crippen LogP contribution in [-0.2, 0) is 0 Å². The first-order chi connectivity index (χ1) is 6.50. The molecular weight excluding hydrogens is 265 g/mol. The molecule has 1 aromatic heterocycles. The van der Waals surface area contributed by atoms with Gasteiger partial charge < -0.3 is 5.32 Å². The molecule has 1 atom stereocenters. The molecule has 0 saturated carbocycles. The topological polar surface area (TPSA) is 37.8 Å². The smallest absolute Gasteiger partial charge is 0.224 e. The van der Waals surface area contributed by atoms with Gasteiger partial charge in [-0.15, -0.1) is 0 Å². The molecule has 0 aromatic carbocycles. The molecule has 1 rings (SSSR count). The molecule has 0 aliphatic heterocycles. The van der Waals surface area contributed by atoms with E-state index in [1.165, 1.54) is 0 Å². The van der Waals surface area contributed by atoms with Crippen LogP contribution in [0.3, 0.4) is 0 Å². The van der Waals surface area contributed by atoms with Gasteiger partial charge in [-0.05, 0) is 40.4 Å². The zero-order valence-corrected chi connectivity index (χ0v) is 10.7. The Kier molecular flexibility index (Phi) is 4.13. The van der Waals surface area contributed by atoms with E-state index in [0.29, 0.717) is 12.0 Å². The second-order valence-electron chi connectivity index (χ2n) is 3.51. The third kappa shape index (κ3) is 3.10. The number of hydrogen-bond acceptors (Lipinski definition) is 3. The number of nitrogens with zero attached hydrogens (tertiary/aromatic N) is 2. The van der Waals surface area contributed by atoms with Crippen LogP contribution in [0.1, 0.15) is 20.8 Å². The van der Waals surface area contributed by atoms with Gasteiger partial charge in [0, 0.05) is 12.2 Å². The summed E-state index contributed by atoms with van der Waals surface area (Å²) in [4.78, 5) is 7.95. The summed E-state index contributed by atoms with van der Waals surface area (Å²) in [5, 5.41) is 3.52. The van der Waals surface area contributed by atoms with Crippen LogP contribution < -0.4 is 5.32 Å². The molecule has 0 spiro atoms. The lowest BCUT2D eigenvalue weighted by Gasteiger charge is -2.18. The van der Waals surface area contributed by atoms with Crippen LogP contribution in [-0.4, -0.2) is 16.0 Å². The van der Waals surface area contributed by atoms with Crippen molar-refractivity contribution in [1.82, 2.24) is 9.97 Å². The summed E-state index contributed by atoms with van der Waals surface area (Å²) in [7, 11) is 0. The van der Waals surface area contributed by atoms with Crippen LogP contribution in [0.15, 0.2) is 10.7 Å². The van der Waals surface area contributed by atoms with Gasteiger partial charge in [-0.1, -0.05) is 13.8 Å². The van der Waals surface area contributed by atoms with Crippen molar-refractivity contribution in [2.24, 2.45) is 5.92 Å². The number of nitrogens with one attached hydrogen (secondary N) is 1. The second kappa shape index (κ2) is 4.94. The molecule has 1 aromatic rings. The van der Waals surface area contributed by atoms with Gasteiger partial charge in [0.1, 0.15) is 5.82 Å². The highest BCUT2D eigenvalue weighted by Gasteiger charge is 2.10. The molecule has 5 heteroatoms. The predicted octanol–water partition coefficient (Wildman–Crippen LogP) is 3.35. The highest BCUT2D eigenvalue weighted by Crippen LogP contribution is 2.21. The Labute approximate surface area is 97.4 Å². The van der Waals surface area contributed by atoms with Crippen molar-refractivity contribution in [1.29, 1.82) is 0 Å². The van der Waals surface area contributed by atoms with Gasteiger partial charge in [0.2, 0.25) is 5.28 Å². The van der Waals surface area contributed by atoms with Crippen LogP contribution in [0.4, 0.5) is 5.82 Å². The summed E-state index contributed by atoms with van der Waals surface area (Å²) in [5.41, 5.74) is 0. The molecule has 14 heavy (non-hydrogen) atoms. The zero-order chi connectivity index (χ0) is 10.7. The molecule has 1 N–H and O–H groups in total. The van der Waals surface area contributed by atoms with E-state index in [2.05, 4.69) is 52.0 Å². The Morgan fingerprint density at radius 3 is 2.64 bits per heavy atom. The van der Waals surface area contributed by atoms with Crippen LogP contribution in [0.2, 0.25) is 5.28 Å². The van der Waals surface area contributed by atoms with Crippen molar-refractivity contribution >= 4 is 33.3 Å². The molecule has 0 amide bonds. The van der Waals surface area contributed by atoms with Gasteiger partial charge in [-0.2, -0.15) is 4.98 Å². The highest BCUT2D eigenvalue weighted by atomic mass is 79.9. The normalized spacial score (nSPS) is 13.0. The fraction of sp³-hybridized carbons (Fsp3) is 0.556. The molecule has 3 nitrogen and oxygen atoms in total. The summed E-state index contributed by atoms with van der Waals surface area (Å²) in [6.07, 6.45) is 1.64. The summed E-state index contributed by atoms with van der Waals surface area (Å²) < 4.78 is 0.828. The molecule has 0 fully saturated rings. The van der Waals surface area contributed by atoms with Gasteiger partial charge in [0.05, 0.1) is 4.47 Å². The SMILES string of the molecule is CC(C)C(C)Nc1nc(Cl)ncc1Br. The lowest BCUT2D eigenvalue weighted by Crippen LogP contribution is -2.22. The molecule has 1 unspecified atom stereocenters. The average molecular weight is 279 g/mol. The van der Waals surface area contributed by atoms with Crippen LogP contribution >= 0.6 is 27.5 Å². The summed E-state index contributed by atoms with van der Waals surface area (Å²) >= 11 is 9.06. The summed E-state index contributed by atoms with van der Waals surface area (Å²) in [6.45, 7) is 6.40. The summed E-state index contributed by atoms with van der Waals surface area (Å²) in [5.74, 6) is 1.28. The highest BCUT2D eigenvalue weighted by molar-refractivity contribution is 9.10. The maximum absolute atomic E-state index is 5.70. The van der Waals surface area contributed by atoms with E-state index in [-0.39, 0.29) is 5.28 Å². The number of anilines is 1. The third-order valence-corrected chi connectivity index (χ3v) is 2.84. The van der Waals surface area contributed by atoms with E-state index in [4.69, 9.17) is 11.6 Å². The second-order valence-corrected chi connectivity index (χ2v) is 4.71. The molecule has 1 heterocycles. The fourth-order valence-electron chi connectivity index (χ4n) is 0.829. The van der Waals surface area contributed by atoms with E-state index in [9.17, 15) is 0 Å². The molecule has 0 aliphatic carbocycles. The third-order valence-electron chi connectivity index (χ3n) is 2.08. The number of rotatable bonds is 3.